The summed E-state index contributed by atoms with van der Waals surface area (Å²) < 4.78 is 0.908. The van der Waals surface area contributed by atoms with Crippen LogP contribution in [0.3, 0.4) is 0 Å². The zero-order valence-electron chi connectivity index (χ0n) is 5.44. The highest BCUT2D eigenvalue weighted by atomic mass is 35.5. The van der Waals surface area contributed by atoms with Crippen LogP contribution in [0, 0.1) is 0 Å². The van der Waals surface area contributed by atoms with Crippen molar-refractivity contribution in [2.45, 2.75) is 12.8 Å². The molecule has 0 bridgehead atoms. The molecule has 0 fully saturated rings. The summed E-state index contributed by atoms with van der Waals surface area (Å²) in [5.41, 5.74) is 1.23. The molecule has 0 amide bonds. The summed E-state index contributed by atoms with van der Waals surface area (Å²) in [5.74, 6) is 0.714. The van der Waals surface area contributed by atoms with Gasteiger partial charge in [-0.05, 0) is 29.9 Å². The van der Waals surface area contributed by atoms with Gasteiger partial charge in [-0.2, -0.15) is 0 Å². The number of halogens is 2. The van der Waals surface area contributed by atoms with Crippen LogP contribution in [0.5, 0.6) is 0 Å². The summed E-state index contributed by atoms with van der Waals surface area (Å²) >= 11 is 13.0. The maximum Gasteiger partial charge on any atom is 0.0960 e. The van der Waals surface area contributed by atoms with E-state index in [1.54, 1.807) is 11.3 Å². The Balaban J connectivity index is 2.49. The van der Waals surface area contributed by atoms with E-state index in [1.165, 1.54) is 5.56 Å². The zero-order valence-corrected chi connectivity index (χ0v) is 7.77. The van der Waals surface area contributed by atoms with Gasteiger partial charge in [0.05, 0.1) is 4.34 Å². The van der Waals surface area contributed by atoms with Crippen LogP contribution < -0.4 is 0 Å². The van der Waals surface area contributed by atoms with E-state index in [0.29, 0.717) is 5.88 Å². The lowest BCUT2D eigenvalue weighted by atomic mass is 10.2. The summed E-state index contributed by atoms with van der Waals surface area (Å²) in [7, 11) is 0. The molecule has 0 aliphatic carbocycles. The second-order valence-electron chi connectivity index (χ2n) is 2.01. The van der Waals surface area contributed by atoms with Crippen LogP contribution in [0.2, 0.25) is 4.34 Å². The van der Waals surface area contributed by atoms with Crippen molar-refractivity contribution in [3.63, 3.8) is 0 Å². The third kappa shape index (κ3) is 2.15. The minimum Gasteiger partial charge on any atom is -0.132 e. The predicted octanol–water partition coefficient (Wildman–Crippen LogP) is 3.57. The standard InChI is InChI=1S/C7H8Cl2S/c8-4-1-2-6-3-5-10-7(6)9/h3,5H,1-2,4H2. The van der Waals surface area contributed by atoms with Gasteiger partial charge in [0.25, 0.3) is 0 Å². The molecule has 0 aliphatic rings. The Morgan fingerprint density at radius 1 is 1.50 bits per heavy atom. The summed E-state index contributed by atoms with van der Waals surface area (Å²) in [6.07, 6.45) is 2.02. The van der Waals surface area contributed by atoms with Gasteiger partial charge < -0.3 is 0 Å². The lowest BCUT2D eigenvalue weighted by Gasteiger charge is -1.93. The van der Waals surface area contributed by atoms with Crippen LogP contribution in [-0.2, 0) is 6.42 Å². The van der Waals surface area contributed by atoms with E-state index in [4.69, 9.17) is 23.2 Å². The van der Waals surface area contributed by atoms with Crippen molar-refractivity contribution in [2.75, 3.05) is 5.88 Å². The second kappa shape index (κ2) is 4.22. The third-order valence-electron chi connectivity index (χ3n) is 1.27. The first kappa shape index (κ1) is 8.38. The minimum absolute atomic E-state index is 0.714. The Morgan fingerprint density at radius 3 is 2.80 bits per heavy atom. The molecule has 1 heterocycles. The maximum atomic E-state index is 5.85. The average molecular weight is 195 g/mol. The van der Waals surface area contributed by atoms with E-state index < -0.39 is 0 Å². The van der Waals surface area contributed by atoms with E-state index in [-0.39, 0.29) is 0 Å². The predicted molar refractivity (Wildman–Crippen MR) is 48.4 cm³/mol. The smallest absolute Gasteiger partial charge is 0.0960 e. The van der Waals surface area contributed by atoms with Crippen molar-refractivity contribution in [3.05, 3.63) is 21.3 Å². The average Bonchev–Trinajstić information content (AvgIpc) is 2.31. The molecule has 0 aromatic carbocycles. The molecular formula is C7H8Cl2S. The zero-order chi connectivity index (χ0) is 7.40. The molecule has 10 heavy (non-hydrogen) atoms. The van der Waals surface area contributed by atoms with Crippen LogP contribution in [0.25, 0.3) is 0 Å². The van der Waals surface area contributed by atoms with Crippen molar-refractivity contribution in [2.24, 2.45) is 0 Å². The van der Waals surface area contributed by atoms with Crippen molar-refractivity contribution >= 4 is 34.5 Å². The van der Waals surface area contributed by atoms with Gasteiger partial charge >= 0.3 is 0 Å². The number of thiophene rings is 1. The lowest BCUT2D eigenvalue weighted by Crippen LogP contribution is -1.82. The van der Waals surface area contributed by atoms with E-state index in [0.717, 1.165) is 17.2 Å². The fourth-order valence-electron chi connectivity index (χ4n) is 0.756. The first-order valence-corrected chi connectivity index (χ1v) is 4.91. The fourth-order valence-corrected chi connectivity index (χ4v) is 1.87. The fraction of sp³-hybridized carbons (Fsp3) is 0.429. The number of alkyl halides is 1. The Hall–Kier alpha value is 0.280. The van der Waals surface area contributed by atoms with Gasteiger partial charge in [0.2, 0.25) is 0 Å². The largest absolute Gasteiger partial charge is 0.132 e. The topological polar surface area (TPSA) is 0 Å². The molecular weight excluding hydrogens is 187 g/mol. The number of hydrogen-bond acceptors (Lipinski definition) is 1. The molecule has 0 saturated carbocycles. The van der Waals surface area contributed by atoms with E-state index in [1.807, 2.05) is 5.38 Å². The first-order chi connectivity index (χ1) is 4.84. The van der Waals surface area contributed by atoms with Crippen LogP contribution in [0.15, 0.2) is 11.4 Å². The number of hydrogen-bond donors (Lipinski definition) is 0. The highest BCUT2D eigenvalue weighted by Gasteiger charge is 1.99. The highest BCUT2D eigenvalue weighted by Crippen LogP contribution is 2.23. The molecule has 0 spiro atoms. The monoisotopic (exact) mass is 194 g/mol. The quantitative estimate of drug-likeness (QED) is 0.646. The van der Waals surface area contributed by atoms with Gasteiger partial charge in [-0.3, -0.25) is 0 Å². The van der Waals surface area contributed by atoms with Crippen molar-refractivity contribution in [1.29, 1.82) is 0 Å². The lowest BCUT2D eigenvalue weighted by molar-refractivity contribution is 0.934. The Labute approximate surface area is 74.8 Å². The van der Waals surface area contributed by atoms with Gasteiger partial charge in [0.15, 0.2) is 0 Å². The van der Waals surface area contributed by atoms with Gasteiger partial charge in [-0.15, -0.1) is 22.9 Å². The number of rotatable bonds is 3. The molecule has 3 heteroatoms. The molecule has 0 radical (unpaired) electrons. The third-order valence-corrected chi connectivity index (χ3v) is 2.79. The molecule has 56 valence electrons. The molecule has 0 aliphatic heterocycles. The normalized spacial score (nSPS) is 10.2. The van der Waals surface area contributed by atoms with Gasteiger partial charge in [0.1, 0.15) is 0 Å². The Morgan fingerprint density at radius 2 is 2.30 bits per heavy atom. The molecule has 0 atom stereocenters. The van der Waals surface area contributed by atoms with Crippen molar-refractivity contribution in [1.82, 2.24) is 0 Å². The number of aryl methyl sites for hydroxylation is 1. The molecule has 1 rings (SSSR count). The maximum absolute atomic E-state index is 5.85. The molecule has 0 nitrogen and oxygen atoms in total. The van der Waals surface area contributed by atoms with Gasteiger partial charge in [-0.25, -0.2) is 0 Å². The van der Waals surface area contributed by atoms with E-state index in [2.05, 4.69) is 6.07 Å². The Kier molecular flexibility index (Phi) is 3.53. The SMILES string of the molecule is ClCCCc1ccsc1Cl. The molecule has 0 saturated heterocycles. The highest BCUT2D eigenvalue weighted by molar-refractivity contribution is 7.14. The van der Waals surface area contributed by atoms with E-state index >= 15 is 0 Å². The van der Waals surface area contributed by atoms with Crippen LogP contribution >= 0.6 is 34.5 Å². The van der Waals surface area contributed by atoms with Gasteiger partial charge in [-0.1, -0.05) is 11.6 Å². The van der Waals surface area contributed by atoms with Gasteiger partial charge in [0, 0.05) is 5.88 Å². The van der Waals surface area contributed by atoms with Crippen LogP contribution in [0.1, 0.15) is 12.0 Å². The second-order valence-corrected chi connectivity index (χ2v) is 3.91. The first-order valence-electron chi connectivity index (χ1n) is 3.12. The van der Waals surface area contributed by atoms with Crippen LogP contribution in [-0.4, -0.2) is 5.88 Å². The van der Waals surface area contributed by atoms with Crippen LogP contribution in [0.4, 0.5) is 0 Å². The summed E-state index contributed by atoms with van der Waals surface area (Å²) in [6, 6.07) is 2.06. The molecule has 1 aromatic heterocycles. The Bertz CT molecular complexity index is 195. The summed E-state index contributed by atoms with van der Waals surface area (Å²) in [6.45, 7) is 0. The summed E-state index contributed by atoms with van der Waals surface area (Å²) in [4.78, 5) is 0. The molecule has 0 unspecified atom stereocenters. The van der Waals surface area contributed by atoms with Crippen molar-refractivity contribution < 1.29 is 0 Å². The summed E-state index contributed by atoms with van der Waals surface area (Å²) in [5, 5.41) is 2.01. The van der Waals surface area contributed by atoms with Crippen molar-refractivity contribution in [3.8, 4) is 0 Å². The van der Waals surface area contributed by atoms with E-state index in [9.17, 15) is 0 Å². The molecule has 0 N–H and O–H groups in total. The molecule has 1 aromatic rings. The minimum atomic E-state index is 0.714.